The number of nitriles is 1. The number of hydrogen-bond donors (Lipinski definition) is 0. The molecule has 0 aliphatic heterocycles. The minimum absolute atomic E-state index is 0.261. The van der Waals surface area contributed by atoms with E-state index in [0.29, 0.717) is 0 Å². The number of halogens is 1. The molecule has 0 saturated heterocycles. The third-order valence-electron chi connectivity index (χ3n) is 2.66. The normalized spacial score (nSPS) is 17.9. The Morgan fingerprint density at radius 3 is 2.62 bits per heavy atom. The summed E-state index contributed by atoms with van der Waals surface area (Å²) in [6.45, 7) is 2.01. The van der Waals surface area contributed by atoms with Gasteiger partial charge in [0, 0.05) is 5.02 Å². The highest BCUT2D eigenvalue weighted by molar-refractivity contribution is 6.31. The maximum Gasteiger partial charge on any atom is 0.0840 e. The minimum Gasteiger partial charge on any atom is -0.197 e. The topological polar surface area (TPSA) is 23.8 Å². The van der Waals surface area contributed by atoms with Crippen molar-refractivity contribution in [3.05, 3.63) is 34.3 Å². The quantitative estimate of drug-likeness (QED) is 0.669. The molecule has 13 heavy (non-hydrogen) atoms. The fraction of sp³-hybridized carbons (Fsp3) is 0.364. The maximum atomic E-state index is 9.05. The van der Waals surface area contributed by atoms with Crippen molar-refractivity contribution >= 4 is 11.6 Å². The Kier molecular flexibility index (Phi) is 1.82. The van der Waals surface area contributed by atoms with Gasteiger partial charge in [-0.3, -0.25) is 0 Å². The lowest BCUT2D eigenvalue weighted by Gasteiger charge is -2.11. The molecule has 0 spiro atoms. The Balaban J connectivity index is 2.58. The molecule has 1 aromatic rings. The molecule has 0 atom stereocenters. The molecule has 0 amide bonds. The zero-order valence-corrected chi connectivity index (χ0v) is 8.23. The van der Waals surface area contributed by atoms with E-state index in [0.717, 1.165) is 29.0 Å². The van der Waals surface area contributed by atoms with Gasteiger partial charge in [0.2, 0.25) is 0 Å². The molecule has 0 N–H and O–H groups in total. The third-order valence-corrected chi connectivity index (χ3v) is 2.98. The molecule has 2 heteroatoms. The largest absolute Gasteiger partial charge is 0.197 e. The van der Waals surface area contributed by atoms with E-state index in [1.807, 2.05) is 25.1 Å². The molecule has 0 bridgehead atoms. The molecule has 1 aliphatic rings. The van der Waals surface area contributed by atoms with Crippen LogP contribution in [-0.4, -0.2) is 0 Å². The van der Waals surface area contributed by atoms with E-state index in [1.54, 1.807) is 0 Å². The molecule has 0 heterocycles. The van der Waals surface area contributed by atoms with E-state index in [2.05, 4.69) is 6.07 Å². The molecule has 1 nitrogen and oxygen atoms in total. The van der Waals surface area contributed by atoms with Crippen LogP contribution in [-0.2, 0) is 5.41 Å². The lowest BCUT2D eigenvalue weighted by molar-refractivity contribution is 0.896. The zero-order chi connectivity index (χ0) is 9.47. The van der Waals surface area contributed by atoms with Gasteiger partial charge in [0.1, 0.15) is 0 Å². The van der Waals surface area contributed by atoms with Crippen molar-refractivity contribution in [2.45, 2.75) is 25.2 Å². The van der Waals surface area contributed by atoms with Crippen molar-refractivity contribution in [3.63, 3.8) is 0 Å². The van der Waals surface area contributed by atoms with Crippen molar-refractivity contribution in [2.24, 2.45) is 0 Å². The van der Waals surface area contributed by atoms with Crippen LogP contribution in [0.4, 0.5) is 0 Å². The van der Waals surface area contributed by atoms with Crippen molar-refractivity contribution in [2.75, 3.05) is 0 Å². The summed E-state index contributed by atoms with van der Waals surface area (Å²) in [4.78, 5) is 0. The first-order valence-corrected chi connectivity index (χ1v) is 4.74. The summed E-state index contributed by atoms with van der Waals surface area (Å²) in [6, 6.07) is 8.17. The van der Waals surface area contributed by atoms with Crippen LogP contribution in [0.2, 0.25) is 5.02 Å². The van der Waals surface area contributed by atoms with E-state index in [4.69, 9.17) is 16.9 Å². The standard InChI is InChI=1S/C11H10ClN/c1-8-3-2-4-9(12)10(8)11(7-13)5-6-11/h2-4H,5-6H2,1H3. The Morgan fingerprint density at radius 2 is 2.15 bits per heavy atom. The summed E-state index contributed by atoms with van der Waals surface area (Å²) in [5, 5.41) is 9.79. The van der Waals surface area contributed by atoms with E-state index < -0.39 is 0 Å². The highest BCUT2D eigenvalue weighted by Gasteiger charge is 2.46. The van der Waals surface area contributed by atoms with Gasteiger partial charge in [0.15, 0.2) is 0 Å². The average molecular weight is 192 g/mol. The van der Waals surface area contributed by atoms with Gasteiger partial charge in [-0.2, -0.15) is 5.26 Å². The maximum absolute atomic E-state index is 9.05. The first kappa shape index (κ1) is 8.59. The molecular weight excluding hydrogens is 182 g/mol. The molecular formula is C11H10ClN. The number of benzene rings is 1. The third kappa shape index (κ3) is 1.22. The van der Waals surface area contributed by atoms with Gasteiger partial charge in [-0.1, -0.05) is 23.7 Å². The molecule has 2 rings (SSSR count). The van der Waals surface area contributed by atoms with Crippen molar-refractivity contribution < 1.29 is 0 Å². The van der Waals surface area contributed by atoms with E-state index >= 15 is 0 Å². The van der Waals surface area contributed by atoms with Crippen molar-refractivity contribution in [3.8, 4) is 6.07 Å². The molecule has 1 aromatic carbocycles. The van der Waals surface area contributed by atoms with E-state index in [-0.39, 0.29) is 5.41 Å². The minimum atomic E-state index is -0.261. The van der Waals surface area contributed by atoms with E-state index in [9.17, 15) is 0 Å². The second kappa shape index (κ2) is 2.75. The van der Waals surface area contributed by atoms with Crippen LogP contribution in [0.5, 0.6) is 0 Å². The number of aryl methyl sites for hydroxylation is 1. The number of rotatable bonds is 1. The van der Waals surface area contributed by atoms with Crippen LogP contribution in [0.1, 0.15) is 24.0 Å². The van der Waals surface area contributed by atoms with Crippen LogP contribution >= 0.6 is 11.6 Å². The number of nitrogens with zero attached hydrogens (tertiary/aromatic N) is 1. The average Bonchev–Trinajstić information content (AvgIpc) is 2.85. The van der Waals surface area contributed by atoms with Gasteiger partial charge in [-0.05, 0) is 37.0 Å². The summed E-state index contributed by atoms with van der Waals surface area (Å²) in [5.74, 6) is 0. The summed E-state index contributed by atoms with van der Waals surface area (Å²) in [6.07, 6.45) is 1.90. The second-order valence-electron chi connectivity index (χ2n) is 3.63. The van der Waals surface area contributed by atoms with Crippen molar-refractivity contribution in [1.82, 2.24) is 0 Å². The monoisotopic (exact) mass is 191 g/mol. The van der Waals surface area contributed by atoms with Gasteiger partial charge < -0.3 is 0 Å². The zero-order valence-electron chi connectivity index (χ0n) is 7.47. The first-order chi connectivity index (χ1) is 6.19. The first-order valence-electron chi connectivity index (χ1n) is 4.36. The lowest BCUT2D eigenvalue weighted by atomic mass is 9.93. The predicted molar refractivity (Wildman–Crippen MR) is 52.7 cm³/mol. The van der Waals surface area contributed by atoms with Crippen LogP contribution in [0, 0.1) is 18.3 Å². The lowest BCUT2D eigenvalue weighted by Crippen LogP contribution is -2.05. The van der Waals surface area contributed by atoms with Gasteiger partial charge in [0.05, 0.1) is 11.5 Å². The Labute approximate surface area is 82.9 Å². The molecule has 0 aromatic heterocycles. The van der Waals surface area contributed by atoms with Gasteiger partial charge >= 0.3 is 0 Å². The van der Waals surface area contributed by atoms with Crippen molar-refractivity contribution in [1.29, 1.82) is 5.26 Å². The molecule has 0 radical (unpaired) electrons. The Bertz CT molecular complexity index is 365. The highest BCUT2D eigenvalue weighted by Crippen LogP contribution is 2.50. The molecule has 1 aliphatic carbocycles. The summed E-state index contributed by atoms with van der Waals surface area (Å²) >= 11 is 6.08. The van der Waals surface area contributed by atoms with Crippen LogP contribution in [0.3, 0.4) is 0 Å². The predicted octanol–water partition coefficient (Wildman–Crippen LogP) is 3.20. The molecule has 0 unspecified atom stereocenters. The fourth-order valence-corrected chi connectivity index (χ4v) is 2.18. The fourth-order valence-electron chi connectivity index (χ4n) is 1.78. The summed E-state index contributed by atoms with van der Waals surface area (Å²) < 4.78 is 0. The smallest absolute Gasteiger partial charge is 0.0840 e. The Hall–Kier alpha value is -1.00. The van der Waals surface area contributed by atoms with Gasteiger partial charge in [0.25, 0.3) is 0 Å². The van der Waals surface area contributed by atoms with Gasteiger partial charge in [-0.15, -0.1) is 0 Å². The molecule has 1 fully saturated rings. The highest BCUT2D eigenvalue weighted by atomic mass is 35.5. The SMILES string of the molecule is Cc1cccc(Cl)c1C1(C#N)CC1. The van der Waals surface area contributed by atoms with Crippen LogP contribution < -0.4 is 0 Å². The Morgan fingerprint density at radius 1 is 1.46 bits per heavy atom. The summed E-state index contributed by atoms with van der Waals surface area (Å²) in [7, 11) is 0. The molecule has 66 valence electrons. The summed E-state index contributed by atoms with van der Waals surface area (Å²) in [5.41, 5.74) is 1.91. The van der Waals surface area contributed by atoms with E-state index in [1.165, 1.54) is 0 Å². The number of hydrogen-bond acceptors (Lipinski definition) is 1. The van der Waals surface area contributed by atoms with Crippen LogP contribution in [0.25, 0.3) is 0 Å². The van der Waals surface area contributed by atoms with Crippen LogP contribution in [0.15, 0.2) is 18.2 Å². The second-order valence-corrected chi connectivity index (χ2v) is 4.03. The molecule has 1 saturated carbocycles. The van der Waals surface area contributed by atoms with Gasteiger partial charge in [-0.25, -0.2) is 0 Å².